The van der Waals surface area contributed by atoms with E-state index in [9.17, 15) is 4.79 Å². The van der Waals surface area contributed by atoms with Gasteiger partial charge in [-0.15, -0.1) is 22.7 Å². The predicted molar refractivity (Wildman–Crippen MR) is 90.6 cm³/mol. The van der Waals surface area contributed by atoms with Crippen molar-refractivity contribution in [1.82, 2.24) is 4.90 Å². The molecule has 0 saturated heterocycles. The minimum Gasteiger partial charge on any atom is -0.411 e. The second-order valence-corrected chi connectivity index (χ2v) is 7.33. The Balaban J connectivity index is 1.73. The zero-order valence-corrected chi connectivity index (χ0v) is 14.0. The monoisotopic (exact) mass is 334 g/mol. The third-order valence-corrected chi connectivity index (χ3v) is 5.98. The van der Waals surface area contributed by atoms with Crippen LogP contribution in [0.2, 0.25) is 0 Å². The standard InChI is InChI=1S/C16H18N2O2S2/c1-18(8-7-11-4-3-9-21-11)16(19)13-10-22-15-12(13)5-2-6-14(15)17-20/h3-4,9-10,20H,2,5-8H2,1H3/b17-14+. The summed E-state index contributed by atoms with van der Waals surface area (Å²) in [7, 11) is 1.85. The van der Waals surface area contributed by atoms with E-state index in [2.05, 4.69) is 16.6 Å². The molecule has 22 heavy (non-hydrogen) atoms. The van der Waals surface area contributed by atoms with Crippen molar-refractivity contribution in [2.24, 2.45) is 5.16 Å². The predicted octanol–water partition coefficient (Wildman–Crippen LogP) is 3.64. The number of hydrogen-bond acceptors (Lipinski definition) is 5. The van der Waals surface area contributed by atoms with E-state index in [4.69, 9.17) is 5.21 Å². The van der Waals surface area contributed by atoms with Crippen LogP contribution in [0.3, 0.4) is 0 Å². The lowest BCUT2D eigenvalue weighted by molar-refractivity contribution is 0.0796. The average Bonchev–Trinajstić information content (AvgIpc) is 3.20. The van der Waals surface area contributed by atoms with Crippen molar-refractivity contribution in [3.63, 3.8) is 0 Å². The number of fused-ring (bicyclic) bond motifs is 1. The normalized spacial score (nSPS) is 15.8. The molecular weight excluding hydrogens is 316 g/mol. The number of likely N-dealkylation sites (N-methyl/N-ethyl adjacent to an activating group) is 1. The molecule has 2 aromatic heterocycles. The van der Waals surface area contributed by atoms with Gasteiger partial charge in [-0.3, -0.25) is 4.79 Å². The fraction of sp³-hybridized carbons (Fsp3) is 0.375. The number of carbonyl (C=O) groups excluding carboxylic acids is 1. The minimum atomic E-state index is 0.0632. The molecule has 1 N–H and O–H groups in total. The Morgan fingerprint density at radius 3 is 3.00 bits per heavy atom. The molecule has 0 unspecified atom stereocenters. The van der Waals surface area contributed by atoms with Crippen molar-refractivity contribution in [3.8, 4) is 0 Å². The topological polar surface area (TPSA) is 52.9 Å². The number of rotatable bonds is 4. The van der Waals surface area contributed by atoms with Crippen LogP contribution in [0.4, 0.5) is 0 Å². The molecule has 0 bridgehead atoms. The summed E-state index contributed by atoms with van der Waals surface area (Å²) >= 11 is 3.23. The molecular formula is C16H18N2O2S2. The fourth-order valence-corrected chi connectivity index (χ4v) is 4.54. The molecule has 0 atom stereocenters. The van der Waals surface area contributed by atoms with E-state index in [1.807, 2.05) is 18.5 Å². The highest BCUT2D eigenvalue weighted by molar-refractivity contribution is 7.12. The first kappa shape index (κ1) is 15.2. The van der Waals surface area contributed by atoms with Crippen molar-refractivity contribution >= 4 is 34.3 Å². The van der Waals surface area contributed by atoms with Crippen molar-refractivity contribution in [2.75, 3.05) is 13.6 Å². The quantitative estimate of drug-likeness (QED) is 0.685. The fourth-order valence-electron chi connectivity index (χ4n) is 2.73. The largest absolute Gasteiger partial charge is 0.411 e. The maximum Gasteiger partial charge on any atom is 0.254 e. The summed E-state index contributed by atoms with van der Waals surface area (Å²) in [5.41, 5.74) is 2.54. The molecule has 0 spiro atoms. The molecule has 0 aromatic carbocycles. The second kappa shape index (κ2) is 6.62. The Kier molecular flexibility index (Phi) is 4.59. The first-order valence-electron chi connectivity index (χ1n) is 7.30. The number of hydrogen-bond donors (Lipinski definition) is 1. The first-order chi connectivity index (χ1) is 10.7. The third kappa shape index (κ3) is 2.94. The molecule has 116 valence electrons. The lowest BCUT2D eigenvalue weighted by Crippen LogP contribution is -2.29. The van der Waals surface area contributed by atoms with Gasteiger partial charge < -0.3 is 10.1 Å². The van der Waals surface area contributed by atoms with E-state index in [0.29, 0.717) is 12.3 Å². The molecule has 2 heterocycles. The van der Waals surface area contributed by atoms with Crippen LogP contribution in [-0.2, 0) is 12.8 Å². The van der Waals surface area contributed by atoms with Gasteiger partial charge in [0.1, 0.15) is 0 Å². The zero-order chi connectivity index (χ0) is 15.5. The van der Waals surface area contributed by atoms with E-state index in [1.165, 1.54) is 16.2 Å². The van der Waals surface area contributed by atoms with E-state index >= 15 is 0 Å². The Labute approximate surface area is 137 Å². The highest BCUT2D eigenvalue weighted by atomic mass is 32.1. The molecule has 1 aliphatic carbocycles. The van der Waals surface area contributed by atoms with Crippen molar-refractivity contribution < 1.29 is 10.0 Å². The SMILES string of the molecule is CN(CCc1cccs1)C(=O)c1csc2c1CCC/C2=N\O. The lowest BCUT2D eigenvalue weighted by atomic mass is 9.94. The molecule has 3 rings (SSSR count). The first-order valence-corrected chi connectivity index (χ1v) is 9.06. The van der Waals surface area contributed by atoms with Crippen LogP contribution in [0.15, 0.2) is 28.0 Å². The van der Waals surface area contributed by atoms with E-state index in [0.717, 1.165) is 41.7 Å². The van der Waals surface area contributed by atoms with Gasteiger partial charge in [0, 0.05) is 23.8 Å². The molecule has 0 fully saturated rings. The molecule has 6 heteroatoms. The lowest BCUT2D eigenvalue weighted by Gasteiger charge is -2.19. The summed E-state index contributed by atoms with van der Waals surface area (Å²) < 4.78 is 0. The van der Waals surface area contributed by atoms with Gasteiger partial charge in [0.25, 0.3) is 5.91 Å². The molecule has 1 amide bonds. The van der Waals surface area contributed by atoms with Gasteiger partial charge >= 0.3 is 0 Å². The van der Waals surface area contributed by atoms with Crippen molar-refractivity contribution in [1.29, 1.82) is 0 Å². The van der Waals surface area contributed by atoms with Crippen molar-refractivity contribution in [3.05, 3.63) is 43.8 Å². The number of oxime groups is 1. The Bertz CT molecular complexity index is 689. The summed E-state index contributed by atoms with van der Waals surface area (Å²) in [6.45, 7) is 0.713. The van der Waals surface area contributed by atoms with E-state index in [-0.39, 0.29) is 5.91 Å². The van der Waals surface area contributed by atoms with Gasteiger partial charge in [0.15, 0.2) is 0 Å². The summed E-state index contributed by atoms with van der Waals surface area (Å²) in [5.74, 6) is 0.0632. The van der Waals surface area contributed by atoms with Crippen LogP contribution in [0, 0.1) is 0 Å². The minimum absolute atomic E-state index is 0.0632. The molecule has 1 aliphatic rings. The van der Waals surface area contributed by atoms with Gasteiger partial charge in [-0.25, -0.2) is 0 Å². The summed E-state index contributed by atoms with van der Waals surface area (Å²) in [4.78, 5) is 16.7. The van der Waals surface area contributed by atoms with Crippen LogP contribution in [0.25, 0.3) is 0 Å². The van der Waals surface area contributed by atoms with Gasteiger partial charge in [-0.05, 0) is 42.7 Å². The highest BCUT2D eigenvalue weighted by Gasteiger charge is 2.25. The van der Waals surface area contributed by atoms with Crippen LogP contribution in [0.5, 0.6) is 0 Å². The summed E-state index contributed by atoms with van der Waals surface area (Å²) in [6, 6.07) is 4.13. The number of nitrogens with zero attached hydrogens (tertiary/aromatic N) is 2. The molecule has 4 nitrogen and oxygen atoms in total. The maximum atomic E-state index is 12.7. The van der Waals surface area contributed by atoms with E-state index in [1.54, 1.807) is 16.2 Å². The average molecular weight is 334 g/mol. The van der Waals surface area contributed by atoms with Gasteiger partial charge in [0.05, 0.1) is 16.2 Å². The zero-order valence-electron chi connectivity index (χ0n) is 12.4. The van der Waals surface area contributed by atoms with Gasteiger partial charge in [-0.2, -0.15) is 0 Å². The Morgan fingerprint density at radius 1 is 1.41 bits per heavy atom. The van der Waals surface area contributed by atoms with Gasteiger partial charge in [-0.1, -0.05) is 11.2 Å². The van der Waals surface area contributed by atoms with Crippen LogP contribution >= 0.6 is 22.7 Å². The Hall–Kier alpha value is -1.66. The number of carbonyl (C=O) groups is 1. The van der Waals surface area contributed by atoms with E-state index < -0.39 is 0 Å². The van der Waals surface area contributed by atoms with Crippen LogP contribution in [-0.4, -0.2) is 35.3 Å². The summed E-state index contributed by atoms with van der Waals surface area (Å²) in [6.07, 6.45) is 3.49. The molecule has 0 radical (unpaired) electrons. The molecule has 0 saturated carbocycles. The third-order valence-electron chi connectivity index (χ3n) is 3.97. The van der Waals surface area contributed by atoms with Crippen LogP contribution in [0.1, 0.15) is 38.5 Å². The highest BCUT2D eigenvalue weighted by Crippen LogP contribution is 2.31. The van der Waals surface area contributed by atoms with Crippen molar-refractivity contribution in [2.45, 2.75) is 25.7 Å². The second-order valence-electron chi connectivity index (χ2n) is 5.41. The molecule has 0 aliphatic heterocycles. The number of amides is 1. The summed E-state index contributed by atoms with van der Waals surface area (Å²) in [5, 5.41) is 16.4. The molecule has 2 aromatic rings. The smallest absolute Gasteiger partial charge is 0.254 e. The van der Waals surface area contributed by atoms with Gasteiger partial charge in [0.2, 0.25) is 0 Å². The van der Waals surface area contributed by atoms with Crippen LogP contribution < -0.4 is 0 Å². The maximum absolute atomic E-state index is 12.7. The number of thiophene rings is 2. The Morgan fingerprint density at radius 2 is 2.27 bits per heavy atom.